The molecule has 134 valence electrons. The second-order valence-electron chi connectivity index (χ2n) is 6.86. The molecule has 1 aromatic heterocycles. The van der Waals surface area contributed by atoms with E-state index in [0.29, 0.717) is 32.5 Å². The molecule has 1 aromatic rings. The Bertz CT molecular complexity index is 697. The Hall–Kier alpha value is -0.990. The van der Waals surface area contributed by atoms with Crippen LogP contribution >= 0.6 is 11.3 Å². The normalized spacial score (nSPS) is 20.4. The molecule has 24 heavy (non-hydrogen) atoms. The van der Waals surface area contributed by atoms with Gasteiger partial charge < -0.3 is 10.2 Å². The maximum absolute atomic E-state index is 13.0. The van der Waals surface area contributed by atoms with Gasteiger partial charge in [0.2, 0.25) is 5.91 Å². The highest BCUT2D eigenvalue weighted by Gasteiger charge is 2.50. The molecule has 1 amide bonds. The zero-order valence-electron chi connectivity index (χ0n) is 14.3. The highest BCUT2D eigenvalue weighted by molar-refractivity contribution is 7.92. The van der Waals surface area contributed by atoms with E-state index >= 15 is 0 Å². The van der Waals surface area contributed by atoms with Crippen molar-refractivity contribution in [2.45, 2.75) is 49.8 Å². The molecule has 1 aliphatic heterocycles. The van der Waals surface area contributed by atoms with Crippen LogP contribution in [-0.2, 0) is 34.0 Å². The Morgan fingerprint density at radius 3 is 2.58 bits per heavy atom. The third-order valence-corrected chi connectivity index (χ3v) is 8.26. The van der Waals surface area contributed by atoms with Crippen LogP contribution in [0.15, 0.2) is 0 Å². The second kappa shape index (κ2) is 6.72. The fourth-order valence-electron chi connectivity index (χ4n) is 3.67. The first-order valence-corrected chi connectivity index (χ1v) is 11.2. The number of hydrogen-bond acceptors (Lipinski definition) is 6. The van der Waals surface area contributed by atoms with Gasteiger partial charge in [0, 0.05) is 18.2 Å². The third-order valence-electron chi connectivity index (χ3n) is 5.12. The van der Waals surface area contributed by atoms with Crippen molar-refractivity contribution in [2.75, 3.05) is 26.4 Å². The number of hydrogen-bond donors (Lipinski definition) is 1. The predicted molar refractivity (Wildman–Crippen MR) is 94.9 cm³/mol. The monoisotopic (exact) mass is 371 g/mol. The van der Waals surface area contributed by atoms with E-state index in [1.165, 1.54) is 29.7 Å². The molecule has 1 N–H and O–H groups in total. The predicted octanol–water partition coefficient (Wildman–Crippen LogP) is 1.15. The first-order valence-electron chi connectivity index (χ1n) is 8.47. The van der Waals surface area contributed by atoms with Crippen molar-refractivity contribution >= 4 is 27.1 Å². The average molecular weight is 372 g/mol. The quantitative estimate of drug-likeness (QED) is 0.859. The Labute approximate surface area is 147 Å². The minimum atomic E-state index is -3.47. The molecular weight excluding hydrogens is 346 g/mol. The number of amides is 1. The van der Waals surface area contributed by atoms with Crippen molar-refractivity contribution in [3.63, 3.8) is 0 Å². The van der Waals surface area contributed by atoms with E-state index in [9.17, 15) is 13.2 Å². The number of rotatable bonds is 4. The van der Waals surface area contributed by atoms with Crippen molar-refractivity contribution in [2.24, 2.45) is 0 Å². The zero-order chi connectivity index (χ0) is 17.4. The average Bonchev–Trinajstić information content (AvgIpc) is 2.95. The molecule has 0 atom stereocenters. The van der Waals surface area contributed by atoms with Crippen molar-refractivity contribution in [3.05, 3.63) is 15.6 Å². The van der Waals surface area contributed by atoms with E-state index < -0.39 is 14.6 Å². The van der Waals surface area contributed by atoms with Crippen LogP contribution in [-0.4, -0.2) is 55.3 Å². The molecule has 6 nitrogen and oxygen atoms in total. The van der Waals surface area contributed by atoms with Gasteiger partial charge >= 0.3 is 0 Å². The van der Waals surface area contributed by atoms with Gasteiger partial charge in [-0.15, -0.1) is 11.3 Å². The van der Waals surface area contributed by atoms with Crippen LogP contribution in [0.25, 0.3) is 0 Å². The number of nitrogens with zero attached hydrogens (tertiary/aromatic N) is 2. The summed E-state index contributed by atoms with van der Waals surface area (Å²) in [4.78, 5) is 20.6. The first kappa shape index (κ1) is 17.8. The van der Waals surface area contributed by atoms with Gasteiger partial charge in [-0.3, -0.25) is 4.79 Å². The number of nitrogens with one attached hydrogen (secondary N) is 1. The Morgan fingerprint density at radius 1 is 1.29 bits per heavy atom. The fourth-order valence-corrected chi connectivity index (χ4v) is 6.30. The summed E-state index contributed by atoms with van der Waals surface area (Å²) >= 11 is 1.67. The third kappa shape index (κ3) is 3.23. The van der Waals surface area contributed by atoms with Crippen molar-refractivity contribution in [3.8, 4) is 0 Å². The summed E-state index contributed by atoms with van der Waals surface area (Å²) in [6, 6.07) is 0. The summed E-state index contributed by atoms with van der Waals surface area (Å²) in [6.07, 6.45) is 6.33. The highest BCUT2D eigenvalue weighted by atomic mass is 32.2. The van der Waals surface area contributed by atoms with Crippen LogP contribution in [0.5, 0.6) is 0 Å². The highest BCUT2D eigenvalue weighted by Crippen LogP contribution is 2.31. The maximum atomic E-state index is 13.0. The summed E-state index contributed by atoms with van der Waals surface area (Å²) < 4.78 is 23.5. The van der Waals surface area contributed by atoms with Crippen molar-refractivity contribution in [1.82, 2.24) is 15.2 Å². The summed E-state index contributed by atoms with van der Waals surface area (Å²) in [5.74, 6) is -0.292. The van der Waals surface area contributed by atoms with E-state index in [1.54, 1.807) is 23.3 Å². The number of thiazole rings is 1. The number of carbonyl (C=O) groups excluding carboxylic acids is 1. The maximum Gasteiger partial charge on any atom is 0.244 e. The summed E-state index contributed by atoms with van der Waals surface area (Å²) in [5, 5.41) is 4.05. The minimum absolute atomic E-state index is 0.292. The van der Waals surface area contributed by atoms with Crippen LogP contribution in [0, 0.1) is 0 Å². The summed E-state index contributed by atoms with van der Waals surface area (Å²) in [5.41, 5.74) is 1.17. The van der Waals surface area contributed by atoms with E-state index in [-0.39, 0.29) is 5.91 Å². The topological polar surface area (TPSA) is 79.4 Å². The van der Waals surface area contributed by atoms with E-state index in [2.05, 4.69) is 10.3 Å². The van der Waals surface area contributed by atoms with Crippen LogP contribution in [0.3, 0.4) is 0 Å². The molecule has 1 aliphatic carbocycles. The molecule has 2 aliphatic rings. The van der Waals surface area contributed by atoms with Crippen LogP contribution < -0.4 is 5.32 Å². The molecule has 0 radical (unpaired) electrons. The molecular formula is C16H25N3O3S2. The van der Waals surface area contributed by atoms with Gasteiger partial charge in [-0.2, -0.15) is 0 Å². The molecule has 1 saturated heterocycles. The van der Waals surface area contributed by atoms with Gasteiger partial charge in [0.05, 0.1) is 12.2 Å². The SMILES string of the molecule is CN(Cc1nc2c(s1)CCCC2)C(=O)C1(S(C)(=O)=O)CCNCC1. The Morgan fingerprint density at radius 2 is 1.96 bits per heavy atom. The number of aromatic nitrogens is 1. The van der Waals surface area contributed by atoms with E-state index in [0.717, 1.165) is 17.8 Å². The molecule has 2 heterocycles. The number of piperidine rings is 1. The molecule has 0 saturated carbocycles. The number of carbonyl (C=O) groups is 1. The van der Waals surface area contributed by atoms with Crippen molar-refractivity contribution in [1.29, 1.82) is 0 Å². The largest absolute Gasteiger partial charge is 0.338 e. The van der Waals surface area contributed by atoms with Crippen LogP contribution in [0.2, 0.25) is 0 Å². The fraction of sp³-hybridized carbons (Fsp3) is 0.750. The molecule has 1 fully saturated rings. The first-order chi connectivity index (χ1) is 11.3. The number of aryl methyl sites for hydroxylation is 2. The van der Waals surface area contributed by atoms with E-state index in [1.807, 2.05) is 0 Å². The van der Waals surface area contributed by atoms with E-state index in [4.69, 9.17) is 0 Å². The lowest BCUT2D eigenvalue weighted by Gasteiger charge is -2.37. The van der Waals surface area contributed by atoms with Gasteiger partial charge in [-0.05, 0) is 51.6 Å². The van der Waals surface area contributed by atoms with Crippen LogP contribution in [0.1, 0.15) is 41.3 Å². The lowest BCUT2D eigenvalue weighted by molar-refractivity contribution is -0.134. The number of sulfone groups is 1. The molecule has 0 unspecified atom stereocenters. The van der Waals surface area contributed by atoms with Gasteiger partial charge in [0.25, 0.3) is 0 Å². The Kier molecular flexibility index (Phi) is 4.99. The summed E-state index contributed by atoms with van der Waals surface area (Å²) in [7, 11) is -1.78. The lowest BCUT2D eigenvalue weighted by atomic mass is 9.95. The standard InChI is InChI=1S/C16H25N3O3S2/c1-19(11-14-18-12-5-3-4-6-13(12)23-14)15(20)16(24(2,21)22)7-9-17-10-8-16/h17H,3-11H2,1-2H3. The van der Waals surface area contributed by atoms with Crippen molar-refractivity contribution < 1.29 is 13.2 Å². The van der Waals surface area contributed by atoms with Crippen LogP contribution in [0.4, 0.5) is 0 Å². The van der Waals surface area contributed by atoms with Gasteiger partial charge in [-0.1, -0.05) is 0 Å². The Balaban J connectivity index is 1.79. The lowest BCUT2D eigenvalue weighted by Crippen LogP contribution is -2.57. The van der Waals surface area contributed by atoms with Gasteiger partial charge in [-0.25, -0.2) is 13.4 Å². The summed E-state index contributed by atoms with van der Waals surface area (Å²) in [6.45, 7) is 1.50. The molecule has 8 heteroatoms. The smallest absolute Gasteiger partial charge is 0.244 e. The molecule has 3 rings (SSSR count). The molecule has 0 spiro atoms. The van der Waals surface area contributed by atoms with Gasteiger partial charge in [0.1, 0.15) is 5.01 Å². The minimum Gasteiger partial charge on any atom is -0.338 e. The molecule has 0 bridgehead atoms. The van der Waals surface area contributed by atoms with Gasteiger partial charge in [0.15, 0.2) is 14.6 Å². The second-order valence-corrected chi connectivity index (χ2v) is 10.4. The number of fused-ring (bicyclic) bond motifs is 1. The molecule has 0 aromatic carbocycles. The zero-order valence-corrected chi connectivity index (χ0v) is 15.9.